The number of anilines is 1. The lowest BCUT2D eigenvalue weighted by Gasteiger charge is -2.10. The van der Waals surface area contributed by atoms with E-state index in [2.05, 4.69) is 10.6 Å². The van der Waals surface area contributed by atoms with E-state index in [9.17, 15) is 13.2 Å². The van der Waals surface area contributed by atoms with E-state index in [0.29, 0.717) is 31.2 Å². The minimum Gasteiger partial charge on any atom is -0.492 e. The molecule has 0 bridgehead atoms. The van der Waals surface area contributed by atoms with Crippen LogP contribution in [0.25, 0.3) is 0 Å². The lowest BCUT2D eigenvalue weighted by atomic mass is 10.3. The van der Waals surface area contributed by atoms with Crippen LogP contribution < -0.4 is 15.4 Å². The van der Waals surface area contributed by atoms with Gasteiger partial charge in [-0.05, 0) is 25.5 Å². The summed E-state index contributed by atoms with van der Waals surface area (Å²) in [7, 11) is -3.06. The van der Waals surface area contributed by atoms with Crippen molar-refractivity contribution in [3.8, 4) is 5.75 Å². The minimum atomic E-state index is -3.06. The summed E-state index contributed by atoms with van der Waals surface area (Å²) in [6.45, 7) is 3.80. The Kier molecular flexibility index (Phi) is 8.42. The van der Waals surface area contributed by atoms with Crippen molar-refractivity contribution < 1.29 is 22.7 Å². The molecule has 2 N–H and O–H groups in total. The molecule has 0 saturated carbocycles. The van der Waals surface area contributed by atoms with E-state index in [-0.39, 0.29) is 18.4 Å². The lowest BCUT2D eigenvalue weighted by Crippen LogP contribution is -2.30. The summed E-state index contributed by atoms with van der Waals surface area (Å²) in [4.78, 5) is 11.7. The Bertz CT molecular complexity index is 589. The first kappa shape index (κ1) is 19.2. The average Bonchev–Trinajstić information content (AvgIpc) is 2.46. The highest BCUT2D eigenvalue weighted by molar-refractivity contribution is 7.90. The molecule has 0 radical (unpaired) electrons. The normalized spacial score (nSPS) is 11.0. The van der Waals surface area contributed by atoms with Crippen molar-refractivity contribution in [3.05, 3.63) is 24.3 Å². The van der Waals surface area contributed by atoms with Gasteiger partial charge in [-0.25, -0.2) is 13.2 Å². The van der Waals surface area contributed by atoms with Crippen LogP contribution in [-0.2, 0) is 14.6 Å². The predicted molar refractivity (Wildman–Crippen MR) is 89.8 cm³/mol. The molecule has 2 amide bonds. The van der Waals surface area contributed by atoms with Gasteiger partial charge >= 0.3 is 6.03 Å². The van der Waals surface area contributed by atoms with Crippen LogP contribution in [-0.4, -0.2) is 52.8 Å². The number of hydrogen-bond acceptors (Lipinski definition) is 5. The predicted octanol–water partition coefficient (Wildman–Crippen LogP) is 1.66. The van der Waals surface area contributed by atoms with Crippen LogP contribution in [0, 0.1) is 0 Å². The second-order valence-electron chi connectivity index (χ2n) is 4.94. The topological polar surface area (TPSA) is 93.7 Å². The first-order valence-corrected chi connectivity index (χ1v) is 9.50. The maximum absolute atomic E-state index is 11.7. The van der Waals surface area contributed by atoms with E-state index in [1.165, 1.54) is 0 Å². The van der Waals surface area contributed by atoms with Crippen molar-refractivity contribution >= 4 is 21.6 Å². The number of sulfone groups is 1. The van der Waals surface area contributed by atoms with Crippen LogP contribution in [0.4, 0.5) is 10.5 Å². The Labute approximate surface area is 137 Å². The lowest BCUT2D eigenvalue weighted by molar-refractivity contribution is 0.145. The van der Waals surface area contributed by atoms with Crippen molar-refractivity contribution in [2.45, 2.75) is 13.3 Å². The Morgan fingerprint density at radius 2 is 2.04 bits per heavy atom. The molecule has 7 nitrogen and oxygen atoms in total. The fraction of sp³-hybridized carbons (Fsp3) is 0.533. The number of ether oxygens (including phenoxy) is 2. The number of carbonyl (C=O) groups excluding carboxylic acids is 1. The number of urea groups is 1. The average molecular weight is 344 g/mol. The van der Waals surface area contributed by atoms with Gasteiger partial charge in [0.15, 0.2) is 9.84 Å². The molecule has 130 valence electrons. The maximum Gasteiger partial charge on any atom is 0.319 e. The smallest absolute Gasteiger partial charge is 0.319 e. The van der Waals surface area contributed by atoms with Crippen LogP contribution >= 0.6 is 0 Å². The molecular weight excluding hydrogens is 320 g/mol. The quantitative estimate of drug-likeness (QED) is 0.630. The molecule has 8 heteroatoms. The van der Waals surface area contributed by atoms with E-state index in [1.807, 2.05) is 6.92 Å². The van der Waals surface area contributed by atoms with Gasteiger partial charge in [-0.3, -0.25) is 0 Å². The summed E-state index contributed by atoms with van der Waals surface area (Å²) in [5.41, 5.74) is 0.573. The zero-order chi connectivity index (χ0) is 17.1. The van der Waals surface area contributed by atoms with Gasteiger partial charge in [-0.1, -0.05) is 6.07 Å². The number of benzene rings is 1. The van der Waals surface area contributed by atoms with Gasteiger partial charge in [-0.2, -0.15) is 0 Å². The fourth-order valence-electron chi connectivity index (χ4n) is 1.67. The van der Waals surface area contributed by atoms with Gasteiger partial charge in [-0.15, -0.1) is 0 Å². The number of nitrogens with one attached hydrogen (secondary N) is 2. The van der Waals surface area contributed by atoms with Crippen LogP contribution in [0.15, 0.2) is 24.3 Å². The van der Waals surface area contributed by atoms with Crippen molar-refractivity contribution in [2.24, 2.45) is 0 Å². The van der Waals surface area contributed by atoms with Crippen molar-refractivity contribution in [1.29, 1.82) is 0 Å². The number of amides is 2. The molecule has 0 spiro atoms. The molecule has 0 fully saturated rings. The second kappa shape index (κ2) is 10.1. The first-order valence-electron chi connectivity index (χ1n) is 7.44. The summed E-state index contributed by atoms with van der Waals surface area (Å²) in [6, 6.07) is 6.48. The van der Waals surface area contributed by atoms with E-state index in [0.717, 1.165) is 12.7 Å². The maximum atomic E-state index is 11.7. The summed E-state index contributed by atoms with van der Waals surface area (Å²) >= 11 is 0. The summed E-state index contributed by atoms with van der Waals surface area (Å²) in [6.07, 6.45) is 1.90. The molecule has 1 aromatic carbocycles. The molecule has 23 heavy (non-hydrogen) atoms. The third-order valence-electron chi connectivity index (χ3n) is 2.77. The molecule has 0 aliphatic carbocycles. The van der Waals surface area contributed by atoms with Crippen LogP contribution in [0.1, 0.15) is 13.3 Å². The molecule has 1 rings (SSSR count). The van der Waals surface area contributed by atoms with Crippen molar-refractivity contribution in [3.63, 3.8) is 0 Å². The molecule has 0 heterocycles. The Morgan fingerprint density at radius 1 is 1.26 bits per heavy atom. The summed E-state index contributed by atoms with van der Waals surface area (Å²) < 4.78 is 32.6. The van der Waals surface area contributed by atoms with Crippen molar-refractivity contribution in [1.82, 2.24) is 5.32 Å². The minimum absolute atomic E-state index is 0.0506. The summed E-state index contributed by atoms with van der Waals surface area (Å²) in [5, 5.41) is 5.41. The van der Waals surface area contributed by atoms with Gasteiger partial charge < -0.3 is 20.1 Å². The molecule has 0 aliphatic rings. The van der Waals surface area contributed by atoms with Gasteiger partial charge in [0.25, 0.3) is 0 Å². The zero-order valence-corrected chi connectivity index (χ0v) is 14.3. The summed E-state index contributed by atoms with van der Waals surface area (Å²) in [5.74, 6) is 0.452. The van der Waals surface area contributed by atoms with Crippen LogP contribution in [0.3, 0.4) is 0 Å². The highest BCUT2D eigenvalue weighted by Crippen LogP contribution is 2.17. The molecule has 1 aromatic rings. The van der Waals surface area contributed by atoms with E-state index >= 15 is 0 Å². The largest absolute Gasteiger partial charge is 0.492 e. The Balaban J connectivity index is 2.36. The number of rotatable bonds is 10. The highest BCUT2D eigenvalue weighted by Gasteiger charge is 2.05. The first-order chi connectivity index (χ1) is 10.9. The third kappa shape index (κ3) is 9.75. The second-order valence-corrected chi connectivity index (χ2v) is 7.20. The Hall–Kier alpha value is -1.80. The van der Waals surface area contributed by atoms with Crippen LogP contribution in [0.2, 0.25) is 0 Å². The standard InChI is InChI=1S/C15H24N2O5S/c1-3-21-9-5-8-16-15(18)17-13-6-4-7-14(12-13)22-10-11-23(2,19)20/h4,6-7,12H,3,5,8-11H2,1-2H3,(H2,16,17,18). The zero-order valence-electron chi connectivity index (χ0n) is 13.5. The monoisotopic (exact) mass is 344 g/mol. The molecule has 0 unspecified atom stereocenters. The van der Waals surface area contributed by atoms with Gasteiger partial charge in [0.1, 0.15) is 12.4 Å². The van der Waals surface area contributed by atoms with Crippen LogP contribution in [0.5, 0.6) is 5.75 Å². The molecule has 0 aliphatic heterocycles. The van der Waals surface area contributed by atoms with Crippen molar-refractivity contribution in [2.75, 3.05) is 43.7 Å². The van der Waals surface area contributed by atoms with E-state index in [1.54, 1.807) is 24.3 Å². The molecule has 0 aromatic heterocycles. The van der Waals surface area contributed by atoms with E-state index in [4.69, 9.17) is 9.47 Å². The molecule has 0 atom stereocenters. The fourth-order valence-corrected chi connectivity index (χ4v) is 2.06. The number of hydrogen-bond donors (Lipinski definition) is 2. The van der Waals surface area contributed by atoms with E-state index < -0.39 is 9.84 Å². The third-order valence-corrected chi connectivity index (χ3v) is 3.68. The van der Waals surface area contributed by atoms with Gasteiger partial charge in [0.05, 0.1) is 5.75 Å². The SMILES string of the molecule is CCOCCCNC(=O)Nc1cccc(OCCS(C)(=O)=O)c1. The number of carbonyl (C=O) groups is 1. The molecule has 0 saturated heterocycles. The molecular formula is C15H24N2O5S. The Morgan fingerprint density at radius 3 is 2.74 bits per heavy atom. The highest BCUT2D eigenvalue weighted by atomic mass is 32.2. The van der Waals surface area contributed by atoms with Gasteiger partial charge in [0.2, 0.25) is 0 Å². The van der Waals surface area contributed by atoms with Gasteiger partial charge in [0, 0.05) is 37.8 Å².